The molecule has 4 rings (SSSR count). The normalized spacial score (nSPS) is 11.7. The predicted octanol–water partition coefficient (Wildman–Crippen LogP) is -2.84. The highest BCUT2D eigenvalue weighted by atomic mass is 32.2. The summed E-state index contributed by atoms with van der Waals surface area (Å²) >= 11 is 0. The van der Waals surface area contributed by atoms with Gasteiger partial charge in [0.2, 0.25) is 28.0 Å². The van der Waals surface area contributed by atoms with E-state index < -0.39 is 87.6 Å². The first-order chi connectivity index (χ1) is 29.3. The van der Waals surface area contributed by atoms with Gasteiger partial charge >= 0.3 is 16.1 Å². The predicted molar refractivity (Wildman–Crippen MR) is 215 cm³/mol. The van der Waals surface area contributed by atoms with Gasteiger partial charge in [0.25, 0.3) is 5.91 Å². The number of hydrogen-bond donors (Lipinski definition) is 9. The zero-order valence-electron chi connectivity index (χ0n) is 32.9. The van der Waals surface area contributed by atoms with Gasteiger partial charge in [-0.2, -0.15) is 8.42 Å². The number of carboxylic acid groups (broad SMARTS) is 1. The smallest absolute Gasteiger partial charge is 0.336 e. The highest BCUT2D eigenvalue weighted by molar-refractivity contribution is 7.86. The SMILES string of the molecule is NCC(=O)NCC(=O)NCC(=O)NCCCOCCOCCOCCCNC(=O)c1ccc(-c2c3ccc(=[NH2+])c(S(=O)(=O)O)c-3oc3c(S(=O)(=O)[O-])c(N)ccc23)c(C(=O)O)c1. The lowest BCUT2D eigenvalue weighted by atomic mass is 9.89. The van der Waals surface area contributed by atoms with Gasteiger partial charge in [-0.15, -0.1) is 0 Å². The average molecular weight is 908 g/mol. The minimum absolute atomic E-state index is 0.0784. The summed E-state index contributed by atoms with van der Waals surface area (Å²) in [7, 11) is -10.5. The van der Waals surface area contributed by atoms with Gasteiger partial charge in [-0.1, -0.05) is 6.07 Å². The zero-order chi connectivity index (χ0) is 45.6. The Morgan fingerprint density at radius 1 is 0.742 bits per heavy atom. The van der Waals surface area contributed by atoms with Crippen LogP contribution in [-0.2, 0) is 48.8 Å². The lowest BCUT2D eigenvalue weighted by molar-refractivity contribution is -0.176. The molecule has 2 aromatic carbocycles. The summed E-state index contributed by atoms with van der Waals surface area (Å²) in [5.74, 6) is -4.29. The van der Waals surface area contributed by atoms with Gasteiger partial charge in [-0.25, -0.2) is 13.2 Å². The summed E-state index contributed by atoms with van der Waals surface area (Å²) in [6.45, 7) is 1.42. The quantitative estimate of drug-likeness (QED) is 0.0148. The first-order valence-corrected chi connectivity index (χ1v) is 21.4. The van der Waals surface area contributed by atoms with E-state index >= 15 is 0 Å². The van der Waals surface area contributed by atoms with Gasteiger partial charge in [0.15, 0.2) is 11.3 Å². The minimum atomic E-state index is -5.39. The third-order valence-electron chi connectivity index (χ3n) is 8.68. The lowest BCUT2D eigenvalue weighted by Crippen LogP contribution is -2.47. The van der Waals surface area contributed by atoms with Crippen LogP contribution in [0, 0.1) is 0 Å². The van der Waals surface area contributed by atoms with Gasteiger partial charge in [0.1, 0.15) is 15.0 Å². The zero-order valence-corrected chi connectivity index (χ0v) is 34.5. The standard InChI is InChI=1S/C37H45N7O16S2/c38-18-28(45)43-20-30(47)44-19-29(46)41-9-1-11-57-13-15-59-16-14-58-12-2-10-42-36(48)21-3-4-22(25(17-21)37(49)50)31-23-5-7-26(39)34(61(51,52)53)32(23)60-33-24(31)6-8-27(40)35(33)62(54,55)56/h3-8,17,39H,1-2,9-16,18-20,38,40H2,(H,41,46)(H,42,48)(H,43,45)(H,44,47)(H,49,50)(H,51,52,53)(H,54,55,56). The number of nitrogen functional groups attached to an aromatic ring is 1. The minimum Gasteiger partial charge on any atom is -0.744 e. The fourth-order valence-electron chi connectivity index (χ4n) is 5.87. The number of ether oxygens (including phenoxy) is 3. The molecule has 0 aromatic heterocycles. The number of nitrogens with two attached hydrogens (primary N) is 3. The molecule has 336 valence electrons. The van der Waals surface area contributed by atoms with E-state index in [1.165, 1.54) is 24.3 Å². The van der Waals surface area contributed by atoms with Crippen LogP contribution in [0.5, 0.6) is 0 Å². The number of aromatic carboxylic acids is 1. The molecule has 0 radical (unpaired) electrons. The van der Waals surface area contributed by atoms with Gasteiger partial charge in [-0.3, -0.25) is 29.1 Å². The number of fused-ring (bicyclic) bond motifs is 2. The van der Waals surface area contributed by atoms with Crippen molar-refractivity contribution in [3.05, 3.63) is 58.9 Å². The summed E-state index contributed by atoms with van der Waals surface area (Å²) < 4.78 is 93.9. The number of amides is 4. The molecule has 12 N–H and O–H groups in total. The largest absolute Gasteiger partial charge is 0.744 e. The number of carbonyl (C=O) groups excluding carboxylic acids is 4. The number of benzene rings is 3. The molecule has 0 fully saturated rings. The van der Waals surface area contributed by atoms with Crippen LogP contribution in [0.1, 0.15) is 33.6 Å². The van der Waals surface area contributed by atoms with Gasteiger partial charge in [0, 0.05) is 54.4 Å². The van der Waals surface area contributed by atoms with Crippen LogP contribution in [0.15, 0.2) is 56.7 Å². The Balaban J connectivity index is 1.26. The summed E-state index contributed by atoms with van der Waals surface area (Å²) in [5.41, 5.74) is 8.66. The highest BCUT2D eigenvalue weighted by Gasteiger charge is 2.32. The van der Waals surface area contributed by atoms with E-state index in [1.807, 2.05) is 0 Å². The van der Waals surface area contributed by atoms with Crippen LogP contribution in [0.4, 0.5) is 5.69 Å². The second kappa shape index (κ2) is 22.2. The molecule has 0 unspecified atom stereocenters. The Labute approximate surface area is 353 Å². The van der Waals surface area contributed by atoms with Crippen molar-refractivity contribution in [2.24, 2.45) is 5.73 Å². The average Bonchev–Trinajstić information content (AvgIpc) is 3.21. The first kappa shape index (κ1) is 48.6. The van der Waals surface area contributed by atoms with E-state index in [4.69, 9.17) is 35.5 Å². The molecule has 0 atom stereocenters. The molecule has 23 nitrogen and oxygen atoms in total. The molecule has 0 spiro atoms. The number of nitrogens with one attached hydrogen (secondary N) is 4. The van der Waals surface area contributed by atoms with Crippen molar-refractivity contribution < 1.29 is 79.1 Å². The van der Waals surface area contributed by atoms with E-state index in [9.17, 15) is 55.0 Å². The van der Waals surface area contributed by atoms with Crippen LogP contribution in [-0.4, -0.2) is 133 Å². The van der Waals surface area contributed by atoms with Crippen LogP contribution >= 0.6 is 0 Å². The first-order valence-electron chi connectivity index (χ1n) is 18.6. The van der Waals surface area contributed by atoms with Crippen LogP contribution in [0.3, 0.4) is 0 Å². The summed E-state index contributed by atoms with van der Waals surface area (Å²) in [6, 6.07) is 8.20. The Morgan fingerprint density at radius 2 is 1.31 bits per heavy atom. The van der Waals surface area contributed by atoms with E-state index in [2.05, 4.69) is 21.3 Å². The number of carbonyl (C=O) groups is 5. The highest BCUT2D eigenvalue weighted by Crippen LogP contribution is 2.45. The summed E-state index contributed by atoms with van der Waals surface area (Å²) in [5, 5.41) is 25.4. The molecular weight excluding hydrogens is 863 g/mol. The van der Waals surface area contributed by atoms with Gasteiger partial charge < -0.3 is 61.0 Å². The van der Waals surface area contributed by atoms with Crippen molar-refractivity contribution in [3.63, 3.8) is 0 Å². The molecule has 0 saturated heterocycles. The van der Waals surface area contributed by atoms with Crippen LogP contribution in [0.25, 0.3) is 33.4 Å². The maximum Gasteiger partial charge on any atom is 0.336 e. The second-order valence-corrected chi connectivity index (χ2v) is 15.8. The number of carboxylic acids is 1. The van der Waals surface area contributed by atoms with Crippen LogP contribution in [0.2, 0.25) is 0 Å². The molecule has 25 heteroatoms. The Hall–Kier alpha value is -6.06. The maximum atomic E-state index is 13.1. The van der Waals surface area contributed by atoms with Crippen molar-refractivity contribution >= 4 is 66.5 Å². The molecule has 1 aliphatic heterocycles. The van der Waals surface area contributed by atoms with Crippen LogP contribution < -0.4 is 43.5 Å². The van der Waals surface area contributed by atoms with Crippen molar-refractivity contribution in [3.8, 4) is 22.5 Å². The summed E-state index contributed by atoms with van der Waals surface area (Å²) in [6.07, 6.45) is 0.904. The Bertz CT molecular complexity index is 2560. The van der Waals surface area contributed by atoms with Crippen molar-refractivity contribution in [1.29, 1.82) is 0 Å². The molecule has 2 aromatic rings. The second-order valence-electron chi connectivity index (χ2n) is 13.1. The maximum absolute atomic E-state index is 13.1. The molecule has 62 heavy (non-hydrogen) atoms. The van der Waals surface area contributed by atoms with Gasteiger partial charge in [0.05, 0.1) is 57.3 Å². The molecule has 0 bridgehead atoms. The topological polar surface area (TPSA) is 384 Å². The fourth-order valence-corrected chi connectivity index (χ4v) is 7.36. The lowest BCUT2D eigenvalue weighted by Gasteiger charge is -2.21. The van der Waals surface area contributed by atoms with Crippen molar-refractivity contribution in [2.75, 3.05) is 78.1 Å². The molecule has 1 aliphatic carbocycles. The molecule has 4 amide bonds. The molecule has 0 saturated carbocycles. The van der Waals surface area contributed by atoms with E-state index in [1.54, 1.807) is 0 Å². The molecular formula is C37H45N7O16S2. The van der Waals surface area contributed by atoms with E-state index in [0.29, 0.717) is 39.2 Å². The van der Waals surface area contributed by atoms with Crippen molar-refractivity contribution in [1.82, 2.24) is 21.3 Å². The Kier molecular flexibility index (Phi) is 17.4. The van der Waals surface area contributed by atoms with Crippen molar-refractivity contribution in [2.45, 2.75) is 22.6 Å². The monoisotopic (exact) mass is 907 g/mol. The third-order valence-corrected chi connectivity index (χ3v) is 10.5. The van der Waals surface area contributed by atoms with E-state index in [0.717, 1.165) is 18.2 Å². The third kappa shape index (κ3) is 13.2. The molecule has 1 heterocycles. The number of anilines is 1. The number of hydrogen-bond acceptors (Lipinski definition) is 16. The Morgan fingerprint density at radius 3 is 1.89 bits per heavy atom. The molecule has 2 aliphatic rings. The fraction of sp³-hybridized carbons (Fsp3) is 0.351. The summed E-state index contributed by atoms with van der Waals surface area (Å²) in [4.78, 5) is 58.0. The number of rotatable bonds is 24. The van der Waals surface area contributed by atoms with E-state index in [-0.39, 0.29) is 73.6 Å². The van der Waals surface area contributed by atoms with Gasteiger partial charge in [-0.05, 0) is 48.7 Å².